The number of hydrogen-bond acceptors (Lipinski definition) is 11. The maximum atomic E-state index is 14.1. The summed E-state index contributed by atoms with van der Waals surface area (Å²) in [7, 11) is 2.72. The lowest BCUT2D eigenvalue weighted by atomic mass is 9.92. The maximum Gasteiger partial charge on any atom is 0.345 e. The third-order valence-corrected chi connectivity index (χ3v) is 9.26. The molecule has 0 saturated heterocycles. The predicted octanol–water partition coefficient (Wildman–Crippen LogP) is 2.44. The highest BCUT2D eigenvalue weighted by molar-refractivity contribution is 14.1. The number of para-hydroxylation sites is 1. The summed E-state index contributed by atoms with van der Waals surface area (Å²) in [6.45, 7) is 2.37. The molecule has 48 heavy (non-hydrogen) atoms. The normalized spacial score (nSPS) is 14.0. The summed E-state index contributed by atoms with van der Waals surface area (Å²) in [4.78, 5) is 71.0. The minimum absolute atomic E-state index is 0.0694. The summed E-state index contributed by atoms with van der Waals surface area (Å²) in [5.74, 6) is -2.83. The molecule has 2 aromatic carbocycles. The summed E-state index contributed by atoms with van der Waals surface area (Å²) in [5, 5.41) is 8.60. The van der Waals surface area contributed by atoms with Crippen LogP contribution in [0.5, 0.6) is 5.75 Å². The summed E-state index contributed by atoms with van der Waals surface area (Å²) < 4.78 is 21.6. The number of aromatic nitrogens is 1. The van der Waals surface area contributed by atoms with Crippen molar-refractivity contribution in [2.75, 3.05) is 38.5 Å². The number of ketones is 1. The average Bonchev–Trinajstić information content (AvgIpc) is 3.53. The van der Waals surface area contributed by atoms with Crippen molar-refractivity contribution in [3.05, 3.63) is 82.3 Å². The Labute approximate surface area is 296 Å². The summed E-state index contributed by atoms with van der Waals surface area (Å²) >= 11 is 3.11. The molecule has 0 aliphatic heterocycles. The fraction of sp³-hybridized carbons (Fsp3) is 0.394. The zero-order valence-corrected chi connectivity index (χ0v) is 30.0. The topological polar surface area (TPSA) is 171 Å². The number of amides is 3. The van der Waals surface area contributed by atoms with Gasteiger partial charge in [-0.3, -0.25) is 19.2 Å². The lowest BCUT2D eigenvalue weighted by Gasteiger charge is -2.31. The minimum Gasteiger partial charge on any atom is -0.482 e. The van der Waals surface area contributed by atoms with Crippen molar-refractivity contribution in [3.63, 3.8) is 0 Å². The second kappa shape index (κ2) is 19.2. The van der Waals surface area contributed by atoms with Crippen LogP contribution in [-0.4, -0.2) is 96.7 Å². The van der Waals surface area contributed by atoms with Crippen LogP contribution in [0.1, 0.15) is 27.2 Å². The van der Waals surface area contributed by atoms with Gasteiger partial charge in [-0.05, 0) is 38.0 Å². The maximum absolute atomic E-state index is 14.1. The van der Waals surface area contributed by atoms with Gasteiger partial charge in [0.05, 0.1) is 30.5 Å². The molecule has 0 fully saturated rings. The van der Waals surface area contributed by atoms with Gasteiger partial charge in [0.2, 0.25) is 11.8 Å². The highest BCUT2D eigenvalue weighted by Crippen LogP contribution is 2.21. The van der Waals surface area contributed by atoms with Crippen LogP contribution in [0.4, 0.5) is 0 Å². The van der Waals surface area contributed by atoms with Crippen molar-refractivity contribution in [1.29, 1.82) is 0 Å². The standard InChI is InChI=1S/C33H39IN4O9S/c1-21-35-16-27(48-21)32(43)38-26(18-45-4)31(42)37-25(17-44-3)30(41)36-24(15-22-11-7-5-8-12-22)29(40)33(2,20-34)47-28(39)19-46-23-13-9-6-10-14-23/h5-14,16,24-26H,15,17-20H2,1-4H3,(H,36,41)(H,37,42)(H,38,43)/t24?,25-,26-,33+/m0/s1. The summed E-state index contributed by atoms with van der Waals surface area (Å²) in [5.41, 5.74) is -0.896. The molecular weight excluding hydrogens is 755 g/mol. The molecule has 3 rings (SSSR count). The fourth-order valence-corrected chi connectivity index (χ4v) is 5.66. The monoisotopic (exact) mass is 794 g/mol. The summed E-state index contributed by atoms with van der Waals surface area (Å²) in [6, 6.07) is 14.1. The Morgan fingerprint density at radius 1 is 0.854 bits per heavy atom. The highest BCUT2D eigenvalue weighted by Gasteiger charge is 2.42. The van der Waals surface area contributed by atoms with Gasteiger partial charge in [-0.25, -0.2) is 9.78 Å². The van der Waals surface area contributed by atoms with Crippen LogP contribution in [0.3, 0.4) is 0 Å². The molecule has 3 N–H and O–H groups in total. The van der Waals surface area contributed by atoms with Crippen LogP contribution < -0.4 is 20.7 Å². The number of carbonyl (C=O) groups is 5. The molecule has 1 unspecified atom stereocenters. The number of halogens is 1. The van der Waals surface area contributed by atoms with E-state index in [0.29, 0.717) is 15.6 Å². The number of esters is 1. The second-order valence-electron chi connectivity index (χ2n) is 10.8. The van der Waals surface area contributed by atoms with Crippen molar-refractivity contribution in [3.8, 4) is 5.75 Å². The first kappa shape index (κ1) is 38.5. The molecule has 3 aromatic rings. The Bertz CT molecular complexity index is 1530. The molecule has 3 amide bonds. The van der Waals surface area contributed by atoms with Crippen LogP contribution in [-0.2, 0) is 39.8 Å². The number of alkyl halides is 1. The number of Topliss-reactive ketones (excluding diaryl/α,β-unsaturated/α-hetero) is 1. The third-order valence-electron chi connectivity index (χ3n) is 6.90. The number of thiazole rings is 1. The van der Waals surface area contributed by atoms with Gasteiger partial charge in [-0.2, -0.15) is 0 Å². The van der Waals surface area contributed by atoms with Gasteiger partial charge < -0.3 is 34.9 Å². The van der Waals surface area contributed by atoms with Gasteiger partial charge in [-0.1, -0.05) is 71.1 Å². The van der Waals surface area contributed by atoms with E-state index in [9.17, 15) is 24.0 Å². The average molecular weight is 795 g/mol. The van der Waals surface area contributed by atoms with Crippen LogP contribution in [0.25, 0.3) is 0 Å². The first-order chi connectivity index (χ1) is 23.0. The van der Waals surface area contributed by atoms with Crippen molar-refractivity contribution in [2.45, 2.75) is 44.0 Å². The number of rotatable bonds is 19. The zero-order chi connectivity index (χ0) is 35.1. The van der Waals surface area contributed by atoms with Crippen molar-refractivity contribution in [1.82, 2.24) is 20.9 Å². The molecule has 0 spiro atoms. The number of benzene rings is 2. The quantitative estimate of drug-likeness (QED) is 0.0931. The van der Waals surface area contributed by atoms with Crippen LogP contribution in [0.2, 0.25) is 0 Å². The van der Waals surface area contributed by atoms with E-state index in [4.69, 9.17) is 18.9 Å². The lowest BCUT2D eigenvalue weighted by Crippen LogP contribution is -2.60. The second-order valence-corrected chi connectivity index (χ2v) is 12.8. The number of hydrogen-bond donors (Lipinski definition) is 3. The number of aryl methyl sites for hydroxylation is 1. The molecule has 13 nitrogen and oxygen atoms in total. The Morgan fingerprint density at radius 3 is 1.96 bits per heavy atom. The van der Waals surface area contributed by atoms with Gasteiger partial charge in [0.25, 0.3) is 5.91 Å². The van der Waals surface area contributed by atoms with E-state index in [1.807, 2.05) is 34.7 Å². The van der Waals surface area contributed by atoms with E-state index >= 15 is 0 Å². The summed E-state index contributed by atoms with van der Waals surface area (Å²) in [6.07, 6.45) is 1.47. The molecule has 1 heterocycles. The van der Waals surface area contributed by atoms with Gasteiger partial charge in [0, 0.05) is 18.6 Å². The fourth-order valence-electron chi connectivity index (χ4n) is 4.45. The Kier molecular flexibility index (Phi) is 15.4. The van der Waals surface area contributed by atoms with Crippen molar-refractivity contribution >= 4 is 63.4 Å². The molecule has 0 radical (unpaired) electrons. The first-order valence-electron chi connectivity index (χ1n) is 14.9. The highest BCUT2D eigenvalue weighted by atomic mass is 127. The number of nitrogens with one attached hydrogen (secondary N) is 3. The molecule has 0 aliphatic rings. The van der Waals surface area contributed by atoms with E-state index in [1.165, 1.54) is 27.3 Å². The zero-order valence-electron chi connectivity index (χ0n) is 27.0. The molecule has 4 atom stereocenters. The molecule has 0 saturated carbocycles. The molecular formula is C33H39IN4O9S. The Hall–Kier alpha value is -3.93. The van der Waals surface area contributed by atoms with Crippen LogP contribution in [0, 0.1) is 6.92 Å². The predicted molar refractivity (Wildman–Crippen MR) is 186 cm³/mol. The smallest absolute Gasteiger partial charge is 0.345 e. The minimum atomic E-state index is -1.63. The van der Waals surface area contributed by atoms with Gasteiger partial charge >= 0.3 is 5.97 Å². The van der Waals surface area contributed by atoms with Gasteiger partial charge in [0.1, 0.15) is 22.7 Å². The van der Waals surface area contributed by atoms with E-state index in [0.717, 1.165) is 16.9 Å². The molecule has 258 valence electrons. The molecule has 0 bridgehead atoms. The van der Waals surface area contributed by atoms with E-state index in [-0.39, 0.29) is 24.1 Å². The van der Waals surface area contributed by atoms with Crippen LogP contribution >= 0.6 is 33.9 Å². The van der Waals surface area contributed by atoms with Crippen molar-refractivity contribution in [2.24, 2.45) is 0 Å². The lowest BCUT2D eigenvalue weighted by molar-refractivity contribution is -0.166. The van der Waals surface area contributed by atoms with E-state index in [1.54, 1.807) is 55.5 Å². The Morgan fingerprint density at radius 2 is 1.42 bits per heavy atom. The SMILES string of the molecule is COC[C@H](NC(=O)c1cnc(C)s1)C(=O)N[C@@H](COC)C(=O)NC(Cc1ccccc1)C(=O)[C@@](C)(CI)OC(=O)COc1ccccc1. The first-order valence-corrected chi connectivity index (χ1v) is 17.2. The van der Waals surface area contributed by atoms with Crippen LogP contribution in [0.15, 0.2) is 66.9 Å². The van der Waals surface area contributed by atoms with Gasteiger partial charge in [-0.15, -0.1) is 11.3 Å². The van der Waals surface area contributed by atoms with Gasteiger partial charge in [0.15, 0.2) is 18.0 Å². The van der Waals surface area contributed by atoms with E-state index in [2.05, 4.69) is 20.9 Å². The molecule has 15 heteroatoms. The van der Waals surface area contributed by atoms with Crippen molar-refractivity contribution < 1.29 is 42.9 Å². The molecule has 0 aliphatic carbocycles. The third kappa shape index (κ3) is 11.6. The molecule has 1 aromatic heterocycles. The Balaban J connectivity index is 1.77. The number of nitrogens with zero attached hydrogens (tertiary/aromatic N) is 1. The largest absolute Gasteiger partial charge is 0.482 e. The number of ether oxygens (including phenoxy) is 4. The number of methoxy groups -OCH3 is 2. The number of carbonyl (C=O) groups excluding carboxylic acids is 5. The van der Waals surface area contributed by atoms with E-state index < -0.39 is 59.8 Å².